The Kier molecular flexibility index (Phi) is 32.6. The second-order valence-electron chi connectivity index (χ2n) is 13.5. The topological polar surface area (TPSA) is 6.48 Å². The molecule has 3 rings (SSSR count). The zero-order chi connectivity index (χ0) is 36.8. The van der Waals surface area contributed by atoms with E-state index in [0.29, 0.717) is 5.54 Å². The molecule has 272 valence electrons. The lowest BCUT2D eigenvalue weighted by Gasteiger charge is -2.50. The van der Waals surface area contributed by atoms with E-state index in [1.165, 1.54) is 111 Å². The number of hydrogen-bond donors (Lipinski definition) is 0. The third-order valence-electron chi connectivity index (χ3n) is 8.61. The normalized spacial score (nSPS) is 12.9. The Morgan fingerprint density at radius 3 is 1.72 bits per heavy atom. The molecule has 47 heavy (non-hydrogen) atoms. The quantitative estimate of drug-likeness (QED) is 0.167. The maximum absolute atomic E-state index is 3.00. The second-order valence-corrected chi connectivity index (χ2v) is 13.5. The minimum Gasteiger partial charge on any atom is -0.308 e. The molecule has 0 amide bonds. The summed E-state index contributed by atoms with van der Waals surface area (Å²) >= 11 is 0. The van der Waals surface area contributed by atoms with Crippen molar-refractivity contribution in [2.45, 2.75) is 153 Å². The largest absolute Gasteiger partial charge is 0.308 e. The van der Waals surface area contributed by atoms with Crippen molar-refractivity contribution in [1.82, 2.24) is 9.80 Å². The molecule has 0 aliphatic heterocycles. The highest BCUT2D eigenvalue weighted by atomic mass is 15.2. The van der Waals surface area contributed by atoms with Crippen LogP contribution in [0.4, 0.5) is 0 Å². The van der Waals surface area contributed by atoms with Gasteiger partial charge in [0, 0.05) is 12.1 Å². The Labute approximate surface area is 297 Å². The minimum absolute atomic E-state index is 0.513. The van der Waals surface area contributed by atoms with Gasteiger partial charge in [0.05, 0.1) is 0 Å². The molecule has 0 saturated heterocycles. The van der Waals surface area contributed by atoms with Crippen LogP contribution in [0.1, 0.15) is 154 Å². The molecule has 1 saturated carbocycles. The third-order valence-corrected chi connectivity index (χ3v) is 8.61. The van der Waals surface area contributed by atoms with E-state index >= 15 is 0 Å². The molecule has 2 aromatic rings. The van der Waals surface area contributed by atoms with Crippen LogP contribution in [0.3, 0.4) is 0 Å². The zero-order valence-corrected chi connectivity index (χ0v) is 34.5. The summed E-state index contributed by atoms with van der Waals surface area (Å²) in [5.41, 5.74) is 8.38. The minimum atomic E-state index is 0.513. The number of hydrogen-bond acceptors (Lipinski definition) is 2. The van der Waals surface area contributed by atoms with Crippen molar-refractivity contribution in [3.05, 3.63) is 83.4 Å². The summed E-state index contributed by atoms with van der Waals surface area (Å²) in [4.78, 5) is 4.89. The van der Waals surface area contributed by atoms with E-state index in [9.17, 15) is 0 Å². The molecule has 1 fully saturated rings. The van der Waals surface area contributed by atoms with Crippen molar-refractivity contribution in [2.24, 2.45) is 5.92 Å². The van der Waals surface area contributed by atoms with E-state index < -0.39 is 0 Å². The summed E-state index contributed by atoms with van der Waals surface area (Å²) in [6.07, 6.45) is 15.9. The molecule has 2 heteroatoms. The van der Waals surface area contributed by atoms with Crippen LogP contribution in [0.25, 0.3) is 11.6 Å². The Hall–Kier alpha value is -2.16. The maximum atomic E-state index is 3.00. The van der Waals surface area contributed by atoms with E-state index in [1.807, 2.05) is 13.8 Å². The molecular formula is C45H82N2. The Morgan fingerprint density at radius 1 is 0.787 bits per heavy atom. The van der Waals surface area contributed by atoms with Crippen molar-refractivity contribution in [1.29, 1.82) is 0 Å². The lowest BCUT2D eigenvalue weighted by molar-refractivity contribution is 0.0154. The molecule has 0 N–H and O–H groups in total. The maximum Gasteiger partial charge on any atom is 0.0333 e. The molecule has 0 spiro atoms. The van der Waals surface area contributed by atoms with Crippen molar-refractivity contribution in [3.8, 4) is 0 Å². The standard InChI is InChI=1S/C18H20.C11H24N2.C8H18.C4H10.C2H6.C2H4/c1-13-6-5-7-17(10-13)16(4)12-18-11-14(2)8-9-15(18)3;1-5-9-13(4)11(7-6-8-11)10-12(2)3;1-4-6-8(3)7-5-2;1-3-4-2;2*1-2/h5-12H,1-4H3;5-10H2,1-4H3;8H,4-7H2,1-3H3;3-4H2,1-2H3;1-2H3;1-2H2/b16-12+;;;;;. The first kappa shape index (κ1) is 49.2. The average Bonchev–Trinajstić information content (AvgIpc) is 3.03. The fourth-order valence-corrected chi connectivity index (χ4v) is 5.66. The molecule has 0 heterocycles. The molecule has 2 aromatic carbocycles. The first-order valence-electron chi connectivity index (χ1n) is 19.1. The van der Waals surface area contributed by atoms with E-state index in [-0.39, 0.29) is 0 Å². The van der Waals surface area contributed by atoms with Gasteiger partial charge in [0.2, 0.25) is 0 Å². The fourth-order valence-electron chi connectivity index (χ4n) is 5.66. The Bertz CT molecular complexity index is 1010. The van der Waals surface area contributed by atoms with E-state index in [1.54, 1.807) is 0 Å². The van der Waals surface area contributed by atoms with Crippen LogP contribution in [0.5, 0.6) is 0 Å². The number of rotatable bonds is 12. The summed E-state index contributed by atoms with van der Waals surface area (Å²) in [6, 6.07) is 15.2. The van der Waals surface area contributed by atoms with Gasteiger partial charge in [-0.25, -0.2) is 0 Å². The van der Waals surface area contributed by atoms with E-state index in [0.717, 1.165) is 5.92 Å². The molecule has 0 radical (unpaired) electrons. The molecule has 0 atom stereocenters. The summed E-state index contributed by atoms with van der Waals surface area (Å²) in [5.74, 6) is 0.963. The van der Waals surface area contributed by atoms with Gasteiger partial charge in [0.1, 0.15) is 0 Å². The number of aryl methyl sites for hydroxylation is 3. The highest BCUT2D eigenvalue weighted by molar-refractivity contribution is 5.81. The van der Waals surface area contributed by atoms with Crippen LogP contribution >= 0.6 is 0 Å². The predicted octanol–water partition coefficient (Wildman–Crippen LogP) is 13.8. The predicted molar refractivity (Wildman–Crippen MR) is 221 cm³/mol. The number of benzene rings is 2. The van der Waals surface area contributed by atoms with Gasteiger partial charge in [-0.05, 0) is 109 Å². The smallest absolute Gasteiger partial charge is 0.0333 e. The summed E-state index contributed by atoms with van der Waals surface area (Å²) in [5, 5.41) is 0. The molecule has 0 aromatic heterocycles. The van der Waals surface area contributed by atoms with Gasteiger partial charge in [0.25, 0.3) is 0 Å². The number of nitrogens with zero attached hydrogens (tertiary/aromatic N) is 2. The lowest BCUT2D eigenvalue weighted by atomic mass is 9.75. The second kappa shape index (κ2) is 31.1. The van der Waals surface area contributed by atoms with E-state index in [4.69, 9.17) is 0 Å². The molecule has 0 unspecified atom stereocenters. The number of allylic oxidation sites excluding steroid dienone is 1. The SMILES string of the molecule is C/C(=C\c1cc(C)ccc1C)c1cccc(C)c1.C=C.CC.CCCC.CCCC(C)CCC.CCCN(C)C1(CN(C)C)CCC1. The molecule has 1 aliphatic rings. The van der Waals surface area contributed by atoms with Crippen LogP contribution in [0.2, 0.25) is 0 Å². The van der Waals surface area contributed by atoms with Gasteiger partial charge in [-0.3, -0.25) is 4.90 Å². The van der Waals surface area contributed by atoms with Gasteiger partial charge in [-0.2, -0.15) is 0 Å². The monoisotopic (exact) mass is 651 g/mol. The van der Waals surface area contributed by atoms with Gasteiger partial charge >= 0.3 is 0 Å². The van der Waals surface area contributed by atoms with Crippen molar-refractivity contribution >= 4 is 11.6 Å². The first-order valence-corrected chi connectivity index (χ1v) is 19.1. The highest BCUT2D eigenvalue weighted by Gasteiger charge is 2.40. The lowest BCUT2D eigenvalue weighted by Crippen LogP contribution is -2.57. The highest BCUT2D eigenvalue weighted by Crippen LogP contribution is 2.37. The summed E-state index contributed by atoms with van der Waals surface area (Å²) in [7, 11) is 6.64. The van der Waals surface area contributed by atoms with Gasteiger partial charge < -0.3 is 4.90 Å². The summed E-state index contributed by atoms with van der Waals surface area (Å²) in [6.45, 7) is 34.6. The van der Waals surface area contributed by atoms with Crippen molar-refractivity contribution < 1.29 is 0 Å². The first-order chi connectivity index (χ1) is 22.4. The number of likely N-dealkylation sites (N-methyl/N-ethyl adjacent to an activating group) is 2. The van der Waals surface area contributed by atoms with Crippen LogP contribution in [-0.2, 0) is 0 Å². The number of unbranched alkanes of at least 4 members (excludes halogenated alkanes) is 1. The van der Waals surface area contributed by atoms with Crippen molar-refractivity contribution in [2.75, 3.05) is 34.2 Å². The zero-order valence-electron chi connectivity index (χ0n) is 34.5. The summed E-state index contributed by atoms with van der Waals surface area (Å²) < 4.78 is 0. The third kappa shape index (κ3) is 22.9. The Balaban J connectivity index is -0.000000586. The van der Waals surface area contributed by atoms with Gasteiger partial charge in [0.15, 0.2) is 0 Å². The van der Waals surface area contributed by atoms with Gasteiger partial charge in [-0.1, -0.05) is 154 Å². The van der Waals surface area contributed by atoms with Gasteiger partial charge in [-0.15, -0.1) is 13.2 Å². The fraction of sp³-hybridized carbons (Fsp3) is 0.644. The van der Waals surface area contributed by atoms with Crippen LogP contribution in [0, 0.1) is 26.7 Å². The molecule has 0 bridgehead atoms. The Morgan fingerprint density at radius 2 is 1.32 bits per heavy atom. The van der Waals surface area contributed by atoms with E-state index in [2.05, 4.69) is 162 Å². The molecular weight excluding hydrogens is 569 g/mol. The van der Waals surface area contributed by atoms with Crippen LogP contribution < -0.4 is 0 Å². The molecule has 1 aliphatic carbocycles. The molecule has 2 nitrogen and oxygen atoms in total. The van der Waals surface area contributed by atoms with Crippen molar-refractivity contribution in [3.63, 3.8) is 0 Å². The average molecular weight is 651 g/mol. The van der Waals surface area contributed by atoms with Crippen LogP contribution in [0.15, 0.2) is 55.6 Å². The van der Waals surface area contributed by atoms with Crippen LogP contribution in [-0.4, -0.2) is 49.6 Å².